The van der Waals surface area contributed by atoms with E-state index < -0.39 is 30.2 Å². The van der Waals surface area contributed by atoms with E-state index in [9.17, 15) is 14.4 Å². The highest BCUT2D eigenvalue weighted by atomic mass is 35.5. The van der Waals surface area contributed by atoms with Crippen LogP contribution in [0.4, 0.5) is 4.79 Å². The average Bonchev–Trinajstić information content (AvgIpc) is 2.92. The van der Waals surface area contributed by atoms with Crippen molar-refractivity contribution < 1.29 is 38.1 Å². The Kier molecular flexibility index (Phi) is 10.3. The SMILES string of the molecule is COCOC(=O)OCCC(=O)O[C@@H]1CN[C@H](C(=O)OC)C1.Cl. The maximum absolute atomic E-state index is 11.5. The smallest absolute Gasteiger partial charge is 0.468 e. The van der Waals surface area contributed by atoms with E-state index in [1.807, 2.05) is 0 Å². The van der Waals surface area contributed by atoms with Gasteiger partial charge in [0.05, 0.1) is 13.5 Å². The van der Waals surface area contributed by atoms with Crippen LogP contribution in [0.1, 0.15) is 12.8 Å². The van der Waals surface area contributed by atoms with Crippen molar-refractivity contribution in [2.45, 2.75) is 25.0 Å². The minimum Gasteiger partial charge on any atom is -0.468 e. The largest absolute Gasteiger partial charge is 0.510 e. The highest BCUT2D eigenvalue weighted by molar-refractivity contribution is 5.85. The first-order valence-corrected chi connectivity index (χ1v) is 6.36. The van der Waals surface area contributed by atoms with E-state index in [1.54, 1.807) is 0 Å². The quantitative estimate of drug-likeness (QED) is 0.388. The molecule has 1 heterocycles. The molecule has 0 aliphatic carbocycles. The molecule has 0 bridgehead atoms. The lowest BCUT2D eigenvalue weighted by atomic mass is 10.2. The number of ether oxygens (including phenoxy) is 5. The van der Waals surface area contributed by atoms with Gasteiger partial charge in [-0.1, -0.05) is 0 Å². The summed E-state index contributed by atoms with van der Waals surface area (Å²) >= 11 is 0. The molecule has 0 unspecified atom stereocenters. The molecule has 1 fully saturated rings. The van der Waals surface area contributed by atoms with Crippen LogP contribution in [0, 0.1) is 0 Å². The molecule has 2 atom stereocenters. The highest BCUT2D eigenvalue weighted by Gasteiger charge is 2.32. The molecule has 9 nitrogen and oxygen atoms in total. The van der Waals surface area contributed by atoms with Crippen molar-refractivity contribution in [3.05, 3.63) is 0 Å². The van der Waals surface area contributed by atoms with Gasteiger partial charge in [-0.2, -0.15) is 0 Å². The number of esters is 2. The zero-order valence-electron chi connectivity index (χ0n) is 12.4. The van der Waals surface area contributed by atoms with Gasteiger partial charge in [-0.25, -0.2) is 4.79 Å². The van der Waals surface area contributed by atoms with Gasteiger partial charge < -0.3 is 29.0 Å². The van der Waals surface area contributed by atoms with Crippen LogP contribution < -0.4 is 5.32 Å². The van der Waals surface area contributed by atoms with Crippen LogP contribution >= 0.6 is 12.4 Å². The molecule has 0 radical (unpaired) electrons. The Bertz CT molecular complexity index is 378. The second-order valence-electron chi connectivity index (χ2n) is 4.23. The molecular formula is C12H20ClNO8. The molecule has 0 amide bonds. The molecule has 0 spiro atoms. The van der Waals surface area contributed by atoms with E-state index in [1.165, 1.54) is 14.2 Å². The van der Waals surface area contributed by atoms with Crippen molar-refractivity contribution in [1.82, 2.24) is 5.32 Å². The predicted molar refractivity (Wildman–Crippen MR) is 74.5 cm³/mol. The summed E-state index contributed by atoms with van der Waals surface area (Å²) in [6, 6.07) is -0.465. The van der Waals surface area contributed by atoms with Gasteiger partial charge in [0.1, 0.15) is 18.8 Å². The lowest BCUT2D eigenvalue weighted by molar-refractivity contribution is -0.150. The van der Waals surface area contributed by atoms with Gasteiger partial charge in [0.15, 0.2) is 6.79 Å². The number of methoxy groups -OCH3 is 2. The molecule has 22 heavy (non-hydrogen) atoms. The summed E-state index contributed by atoms with van der Waals surface area (Å²) in [6.45, 7) is 0.0101. The van der Waals surface area contributed by atoms with E-state index in [2.05, 4.69) is 24.3 Å². The van der Waals surface area contributed by atoms with Gasteiger partial charge in [0.25, 0.3) is 0 Å². The summed E-state index contributed by atoms with van der Waals surface area (Å²) in [4.78, 5) is 33.7. The molecule has 0 saturated carbocycles. The second-order valence-corrected chi connectivity index (χ2v) is 4.23. The summed E-state index contributed by atoms with van der Waals surface area (Å²) < 4.78 is 23.3. The molecule has 1 N–H and O–H groups in total. The van der Waals surface area contributed by atoms with Crippen LogP contribution in [-0.2, 0) is 33.3 Å². The normalized spacial score (nSPS) is 19.7. The molecule has 0 aromatic rings. The fourth-order valence-corrected chi connectivity index (χ4v) is 1.73. The molecular weight excluding hydrogens is 322 g/mol. The van der Waals surface area contributed by atoms with E-state index in [-0.39, 0.29) is 32.2 Å². The number of carbonyl (C=O) groups is 3. The Morgan fingerprint density at radius 3 is 2.55 bits per heavy atom. The first-order valence-electron chi connectivity index (χ1n) is 6.36. The monoisotopic (exact) mass is 341 g/mol. The molecule has 0 aromatic heterocycles. The highest BCUT2D eigenvalue weighted by Crippen LogP contribution is 2.12. The van der Waals surface area contributed by atoms with Crippen molar-refractivity contribution in [2.75, 3.05) is 34.2 Å². The van der Waals surface area contributed by atoms with Crippen molar-refractivity contribution in [3.63, 3.8) is 0 Å². The van der Waals surface area contributed by atoms with Crippen LogP contribution in [0.25, 0.3) is 0 Å². The summed E-state index contributed by atoms with van der Waals surface area (Å²) in [6.07, 6.45) is -1.06. The number of carbonyl (C=O) groups excluding carboxylic acids is 3. The van der Waals surface area contributed by atoms with Gasteiger partial charge >= 0.3 is 18.1 Å². The van der Waals surface area contributed by atoms with Crippen LogP contribution in [0.15, 0.2) is 0 Å². The fraction of sp³-hybridized carbons (Fsp3) is 0.750. The van der Waals surface area contributed by atoms with E-state index in [4.69, 9.17) is 4.74 Å². The van der Waals surface area contributed by atoms with Gasteiger partial charge in [-0.15, -0.1) is 12.4 Å². The number of nitrogens with one attached hydrogen (secondary N) is 1. The predicted octanol–water partition coefficient (Wildman–Crippen LogP) is 0.00210. The lowest BCUT2D eigenvalue weighted by Crippen LogP contribution is -2.31. The zero-order chi connectivity index (χ0) is 15.7. The van der Waals surface area contributed by atoms with Gasteiger partial charge in [0.2, 0.25) is 0 Å². The Hall–Kier alpha value is -1.58. The Labute approximate surface area is 134 Å². The van der Waals surface area contributed by atoms with Gasteiger partial charge in [-0.05, 0) is 0 Å². The molecule has 1 aliphatic heterocycles. The maximum Gasteiger partial charge on any atom is 0.510 e. The maximum atomic E-state index is 11.5. The van der Waals surface area contributed by atoms with Crippen LogP contribution in [0.3, 0.4) is 0 Å². The molecule has 10 heteroatoms. The molecule has 0 aromatic carbocycles. The lowest BCUT2D eigenvalue weighted by Gasteiger charge is -2.11. The third-order valence-corrected chi connectivity index (χ3v) is 2.70. The summed E-state index contributed by atoms with van der Waals surface area (Å²) in [5, 5.41) is 2.89. The number of rotatable bonds is 7. The summed E-state index contributed by atoms with van der Waals surface area (Å²) in [5.74, 6) is -0.912. The topological polar surface area (TPSA) is 109 Å². The van der Waals surface area contributed by atoms with Crippen molar-refractivity contribution in [2.24, 2.45) is 0 Å². The first kappa shape index (κ1) is 20.4. The molecule has 1 saturated heterocycles. The van der Waals surface area contributed by atoms with Crippen molar-refractivity contribution >= 4 is 30.5 Å². The van der Waals surface area contributed by atoms with E-state index in [0.717, 1.165) is 0 Å². The summed E-state index contributed by atoms with van der Waals surface area (Å²) in [7, 11) is 2.66. The Morgan fingerprint density at radius 1 is 1.18 bits per heavy atom. The average molecular weight is 342 g/mol. The van der Waals surface area contributed by atoms with E-state index in [0.29, 0.717) is 13.0 Å². The molecule has 128 valence electrons. The Balaban J connectivity index is 0.00000441. The third-order valence-electron chi connectivity index (χ3n) is 2.70. The number of hydrogen-bond donors (Lipinski definition) is 1. The van der Waals surface area contributed by atoms with Crippen LogP contribution in [0.2, 0.25) is 0 Å². The first-order chi connectivity index (χ1) is 10.1. The van der Waals surface area contributed by atoms with Crippen LogP contribution in [0.5, 0.6) is 0 Å². The van der Waals surface area contributed by atoms with Crippen LogP contribution in [-0.4, -0.2) is 64.4 Å². The van der Waals surface area contributed by atoms with E-state index >= 15 is 0 Å². The van der Waals surface area contributed by atoms with Crippen molar-refractivity contribution in [1.29, 1.82) is 0 Å². The minimum atomic E-state index is -0.919. The third kappa shape index (κ3) is 7.43. The standard InChI is InChI=1S/C12H19NO8.ClH/c1-17-7-20-12(16)19-4-3-10(14)21-8-5-9(13-6-8)11(15)18-2;/h8-9,13H,3-7H2,1-2H3;1H/t8-,9-;/m0./s1. The fourth-order valence-electron chi connectivity index (χ4n) is 1.73. The van der Waals surface area contributed by atoms with Gasteiger partial charge in [0, 0.05) is 20.1 Å². The zero-order valence-corrected chi connectivity index (χ0v) is 13.2. The van der Waals surface area contributed by atoms with Crippen molar-refractivity contribution in [3.8, 4) is 0 Å². The number of hydrogen-bond acceptors (Lipinski definition) is 9. The Morgan fingerprint density at radius 2 is 1.91 bits per heavy atom. The minimum absolute atomic E-state index is 0. The van der Waals surface area contributed by atoms with Gasteiger partial charge in [-0.3, -0.25) is 9.59 Å². The molecule has 1 aliphatic rings. The number of halogens is 1. The summed E-state index contributed by atoms with van der Waals surface area (Å²) in [5.41, 5.74) is 0. The second kappa shape index (κ2) is 11.0. The molecule has 1 rings (SSSR count).